The van der Waals surface area contributed by atoms with E-state index < -0.39 is 0 Å². The van der Waals surface area contributed by atoms with Gasteiger partial charge in [0.15, 0.2) is 0 Å². The van der Waals surface area contributed by atoms with Crippen molar-refractivity contribution in [1.82, 2.24) is 10.6 Å². The number of nitrogen functional groups attached to an aromatic ring is 1. The predicted octanol–water partition coefficient (Wildman–Crippen LogP) is 3.25. The molecule has 0 aliphatic carbocycles. The van der Waals surface area contributed by atoms with Gasteiger partial charge in [-0.2, -0.15) is 0 Å². The highest BCUT2D eigenvalue weighted by Gasteiger charge is 2.15. The number of aliphatic imine (C=N–C) groups is 2. The van der Waals surface area contributed by atoms with Gasteiger partial charge in [0.05, 0.1) is 5.56 Å². The van der Waals surface area contributed by atoms with E-state index in [0.29, 0.717) is 22.5 Å². The summed E-state index contributed by atoms with van der Waals surface area (Å²) in [6.45, 7) is 3.33. The van der Waals surface area contributed by atoms with Gasteiger partial charge in [-0.05, 0) is 55.3 Å². The summed E-state index contributed by atoms with van der Waals surface area (Å²) in [5, 5.41) is 12.3. The highest BCUT2D eigenvalue weighted by atomic mass is 16.2. The van der Waals surface area contributed by atoms with Crippen molar-refractivity contribution in [3.63, 3.8) is 0 Å². The van der Waals surface area contributed by atoms with Gasteiger partial charge in [0.1, 0.15) is 11.7 Å². The van der Waals surface area contributed by atoms with E-state index in [2.05, 4.69) is 31.3 Å². The Balaban J connectivity index is 1.26. The van der Waals surface area contributed by atoms with Gasteiger partial charge in [-0.3, -0.25) is 19.6 Å². The quantitative estimate of drug-likeness (QED) is 0.335. The van der Waals surface area contributed by atoms with Crippen LogP contribution in [-0.4, -0.2) is 49.7 Å². The number of carbonyl (C=O) groups excluding carboxylic acids is 2. The molecule has 0 atom stereocenters. The van der Waals surface area contributed by atoms with E-state index in [9.17, 15) is 9.59 Å². The zero-order valence-corrected chi connectivity index (χ0v) is 20.4. The van der Waals surface area contributed by atoms with E-state index in [1.54, 1.807) is 12.1 Å². The van der Waals surface area contributed by atoms with Crippen LogP contribution in [0.4, 0.5) is 17.1 Å². The largest absolute Gasteiger partial charge is 0.398 e. The van der Waals surface area contributed by atoms with E-state index in [4.69, 9.17) is 5.73 Å². The number of hydrogen-bond acceptors (Lipinski definition) is 7. The average Bonchev–Trinajstić information content (AvgIpc) is 2.94. The molecule has 0 fully saturated rings. The molecular weight excluding hydrogens is 466 g/mol. The molecule has 0 saturated heterocycles. The molecule has 188 valence electrons. The summed E-state index contributed by atoms with van der Waals surface area (Å²) in [5.74, 6) is 0.984. The normalized spacial score (nSPS) is 14.9. The third-order valence-electron chi connectivity index (χ3n) is 6.14. The first-order valence-corrected chi connectivity index (χ1v) is 12.4. The average molecular weight is 496 g/mol. The van der Waals surface area contributed by atoms with Crippen LogP contribution >= 0.6 is 0 Å². The smallest absolute Gasteiger partial charge is 0.257 e. The van der Waals surface area contributed by atoms with Crippen LogP contribution in [0.25, 0.3) is 0 Å². The Morgan fingerprint density at radius 3 is 1.81 bits per heavy atom. The fourth-order valence-corrected chi connectivity index (χ4v) is 4.25. The molecular formula is C28H29N7O2. The Morgan fingerprint density at radius 2 is 1.30 bits per heavy atom. The minimum atomic E-state index is -0.353. The summed E-state index contributed by atoms with van der Waals surface area (Å²) in [6.07, 6.45) is 2.02. The molecule has 9 nitrogen and oxygen atoms in total. The van der Waals surface area contributed by atoms with Crippen LogP contribution in [0.3, 0.4) is 0 Å². The topological polar surface area (TPSA) is 133 Å². The number of nitrogens with one attached hydrogen (secondary N) is 4. The lowest BCUT2D eigenvalue weighted by molar-refractivity contribution is 0.101. The van der Waals surface area contributed by atoms with E-state index in [-0.39, 0.29) is 17.5 Å². The lowest BCUT2D eigenvalue weighted by Crippen LogP contribution is -2.30. The van der Waals surface area contributed by atoms with Crippen LogP contribution < -0.4 is 27.0 Å². The van der Waals surface area contributed by atoms with Crippen LogP contribution in [0.15, 0.2) is 76.7 Å². The summed E-state index contributed by atoms with van der Waals surface area (Å²) < 4.78 is 0. The fourth-order valence-electron chi connectivity index (χ4n) is 4.25. The second-order valence-electron chi connectivity index (χ2n) is 8.89. The number of amides is 2. The summed E-state index contributed by atoms with van der Waals surface area (Å²) in [5.41, 5.74) is 10.2. The van der Waals surface area contributed by atoms with E-state index in [0.717, 1.165) is 61.8 Å². The maximum atomic E-state index is 12.9. The van der Waals surface area contributed by atoms with Crippen LogP contribution in [0.5, 0.6) is 0 Å². The third kappa shape index (κ3) is 5.78. The van der Waals surface area contributed by atoms with Crippen molar-refractivity contribution in [1.29, 1.82) is 0 Å². The third-order valence-corrected chi connectivity index (χ3v) is 6.14. The highest BCUT2D eigenvalue weighted by molar-refractivity contribution is 6.11. The van der Waals surface area contributed by atoms with Crippen LogP contribution in [0.2, 0.25) is 0 Å². The van der Waals surface area contributed by atoms with Gasteiger partial charge in [0.25, 0.3) is 11.8 Å². The predicted molar refractivity (Wildman–Crippen MR) is 148 cm³/mol. The molecule has 5 rings (SSSR count). The standard InChI is InChI=1S/C28H29N7O2/c29-24-17-20(27(36)34-21-7-1-5-18(15-21)25-30-11-3-12-31-25)9-10-23(24)28(37)35-22-8-2-6-19(16-22)26-32-13-4-14-33-26/h1-2,5-10,15-17H,3-4,11-14,29H2,(H,30,31)(H,32,33)(H,34,36)(H,35,37). The van der Waals surface area contributed by atoms with Crippen LogP contribution in [0, 0.1) is 0 Å². The highest BCUT2D eigenvalue weighted by Crippen LogP contribution is 2.20. The van der Waals surface area contributed by atoms with Crippen molar-refractivity contribution in [3.8, 4) is 0 Å². The van der Waals surface area contributed by atoms with E-state index >= 15 is 0 Å². The maximum absolute atomic E-state index is 12.9. The number of rotatable bonds is 6. The second kappa shape index (κ2) is 10.9. The summed E-state index contributed by atoms with van der Waals surface area (Å²) in [6, 6.07) is 19.7. The molecule has 0 unspecified atom stereocenters. The first-order valence-electron chi connectivity index (χ1n) is 12.4. The Hall–Kier alpha value is -4.66. The summed E-state index contributed by atoms with van der Waals surface area (Å²) >= 11 is 0. The Labute approximate surface area is 215 Å². The van der Waals surface area contributed by atoms with E-state index in [1.165, 1.54) is 6.07 Å². The summed E-state index contributed by atoms with van der Waals surface area (Å²) in [7, 11) is 0. The van der Waals surface area contributed by atoms with Gasteiger partial charge < -0.3 is 27.0 Å². The van der Waals surface area contributed by atoms with E-state index in [1.807, 2.05) is 48.5 Å². The Kier molecular flexibility index (Phi) is 7.12. The van der Waals surface area contributed by atoms with Gasteiger partial charge in [-0.1, -0.05) is 24.3 Å². The fraction of sp³-hybridized carbons (Fsp3) is 0.214. The molecule has 0 spiro atoms. The Morgan fingerprint density at radius 1 is 0.730 bits per heavy atom. The number of hydrogen-bond donors (Lipinski definition) is 5. The van der Waals surface area contributed by atoms with Crippen molar-refractivity contribution in [2.45, 2.75) is 12.8 Å². The van der Waals surface area contributed by atoms with Crippen molar-refractivity contribution in [2.75, 3.05) is 42.5 Å². The molecule has 2 amide bonds. The monoisotopic (exact) mass is 495 g/mol. The van der Waals surface area contributed by atoms with Crippen molar-refractivity contribution in [2.24, 2.45) is 9.98 Å². The molecule has 3 aromatic rings. The lowest BCUT2D eigenvalue weighted by atomic mass is 10.1. The molecule has 2 aliphatic heterocycles. The van der Waals surface area contributed by atoms with Gasteiger partial charge in [-0.25, -0.2) is 0 Å². The van der Waals surface area contributed by atoms with Crippen LogP contribution in [0.1, 0.15) is 44.7 Å². The van der Waals surface area contributed by atoms with Gasteiger partial charge in [0, 0.05) is 59.9 Å². The molecule has 2 heterocycles. The van der Waals surface area contributed by atoms with Gasteiger partial charge in [0.2, 0.25) is 0 Å². The molecule has 0 saturated carbocycles. The number of anilines is 3. The Bertz CT molecular complexity index is 1400. The number of benzene rings is 3. The lowest BCUT2D eigenvalue weighted by Gasteiger charge is -2.16. The molecule has 2 aliphatic rings. The van der Waals surface area contributed by atoms with Crippen LogP contribution in [-0.2, 0) is 0 Å². The second-order valence-corrected chi connectivity index (χ2v) is 8.89. The molecule has 0 radical (unpaired) electrons. The number of carbonyl (C=O) groups is 2. The maximum Gasteiger partial charge on any atom is 0.257 e. The first kappa shape index (κ1) is 24.1. The minimum Gasteiger partial charge on any atom is -0.398 e. The number of nitrogens with zero attached hydrogens (tertiary/aromatic N) is 2. The minimum absolute atomic E-state index is 0.217. The molecule has 0 aromatic heterocycles. The van der Waals surface area contributed by atoms with Crippen molar-refractivity contribution in [3.05, 3.63) is 89.0 Å². The number of amidine groups is 2. The number of nitrogens with two attached hydrogens (primary N) is 1. The van der Waals surface area contributed by atoms with Gasteiger partial charge in [-0.15, -0.1) is 0 Å². The molecule has 9 heteroatoms. The first-order chi connectivity index (χ1) is 18.1. The molecule has 3 aromatic carbocycles. The molecule has 0 bridgehead atoms. The van der Waals surface area contributed by atoms with Crippen molar-refractivity contribution >= 4 is 40.5 Å². The zero-order valence-electron chi connectivity index (χ0n) is 20.4. The molecule has 37 heavy (non-hydrogen) atoms. The summed E-state index contributed by atoms with van der Waals surface area (Å²) in [4.78, 5) is 34.8. The SMILES string of the molecule is Nc1cc(C(=O)Nc2cccc(C3=NCCCN3)c2)ccc1C(=O)Nc1cccc(C2=NCCCN2)c1. The van der Waals surface area contributed by atoms with Gasteiger partial charge >= 0.3 is 0 Å². The molecule has 6 N–H and O–H groups in total. The van der Waals surface area contributed by atoms with Crippen molar-refractivity contribution < 1.29 is 9.59 Å². The zero-order chi connectivity index (χ0) is 25.6.